The Labute approximate surface area is 152 Å². The molecule has 3 heterocycles. The van der Waals surface area contributed by atoms with Gasteiger partial charge in [0.2, 0.25) is 0 Å². The third kappa shape index (κ3) is 3.18. The summed E-state index contributed by atoms with van der Waals surface area (Å²) in [6.45, 7) is 4.08. The number of nitrogens with zero attached hydrogens (tertiary/aromatic N) is 4. The Balaban J connectivity index is 1.64. The largest absolute Gasteiger partial charge is 0.416 e. The molecule has 138 valence electrons. The second kappa shape index (κ2) is 6.22. The van der Waals surface area contributed by atoms with E-state index in [9.17, 15) is 13.2 Å². The van der Waals surface area contributed by atoms with Crippen molar-refractivity contribution in [2.75, 3.05) is 0 Å². The van der Waals surface area contributed by atoms with Crippen molar-refractivity contribution in [3.63, 3.8) is 0 Å². The van der Waals surface area contributed by atoms with Gasteiger partial charge in [-0.15, -0.1) is 0 Å². The topological polar surface area (TPSA) is 56.7 Å². The third-order valence-corrected chi connectivity index (χ3v) is 4.41. The summed E-state index contributed by atoms with van der Waals surface area (Å²) in [6.07, 6.45) is -0.983. The number of alkyl halides is 3. The number of hydrogen-bond acceptors (Lipinski definition) is 4. The molecule has 0 N–H and O–H groups in total. The van der Waals surface area contributed by atoms with E-state index in [0.29, 0.717) is 23.5 Å². The minimum atomic E-state index is -4.34. The minimum absolute atomic E-state index is 0.381. The standard InChI is InChI=1S/C19H15F3N4O/c1-11-17(12(2)27-25-11)14-7-16-18(23-8-14)26(10-24-16)9-13-3-5-15(6-4-13)19(20,21)22/h3-8,10H,9H2,1-2H3. The molecule has 1 aromatic carbocycles. The Morgan fingerprint density at radius 3 is 2.44 bits per heavy atom. The van der Waals surface area contributed by atoms with Gasteiger partial charge >= 0.3 is 6.18 Å². The summed E-state index contributed by atoms with van der Waals surface area (Å²) < 4.78 is 45.0. The molecule has 4 aromatic rings. The highest BCUT2D eigenvalue weighted by atomic mass is 19.4. The van der Waals surface area contributed by atoms with Crippen molar-refractivity contribution in [1.82, 2.24) is 19.7 Å². The molecule has 0 radical (unpaired) electrons. The molecule has 0 spiro atoms. The normalized spacial score (nSPS) is 12.0. The van der Waals surface area contributed by atoms with Crippen molar-refractivity contribution < 1.29 is 17.7 Å². The number of halogens is 3. The van der Waals surface area contributed by atoms with E-state index in [2.05, 4.69) is 15.1 Å². The summed E-state index contributed by atoms with van der Waals surface area (Å²) in [5, 5.41) is 3.95. The van der Waals surface area contributed by atoms with Crippen molar-refractivity contribution in [2.24, 2.45) is 0 Å². The van der Waals surface area contributed by atoms with Gasteiger partial charge in [-0.25, -0.2) is 9.97 Å². The van der Waals surface area contributed by atoms with E-state index >= 15 is 0 Å². The van der Waals surface area contributed by atoms with Crippen LogP contribution in [0, 0.1) is 13.8 Å². The fraction of sp³-hybridized carbons (Fsp3) is 0.211. The number of aryl methyl sites for hydroxylation is 2. The molecule has 0 saturated heterocycles. The number of aromatic nitrogens is 4. The second-order valence-corrected chi connectivity index (χ2v) is 6.33. The van der Waals surface area contributed by atoms with Gasteiger partial charge in [-0.2, -0.15) is 13.2 Å². The maximum atomic E-state index is 12.7. The summed E-state index contributed by atoms with van der Waals surface area (Å²) in [4.78, 5) is 8.85. The molecule has 0 aliphatic rings. The number of benzene rings is 1. The third-order valence-electron chi connectivity index (χ3n) is 4.41. The highest BCUT2D eigenvalue weighted by Crippen LogP contribution is 2.30. The van der Waals surface area contributed by atoms with E-state index < -0.39 is 11.7 Å². The molecule has 0 fully saturated rings. The van der Waals surface area contributed by atoms with E-state index in [-0.39, 0.29) is 0 Å². The highest BCUT2D eigenvalue weighted by Gasteiger charge is 2.29. The van der Waals surface area contributed by atoms with Crippen LogP contribution in [0.25, 0.3) is 22.3 Å². The molecule has 0 amide bonds. The summed E-state index contributed by atoms with van der Waals surface area (Å²) in [5.74, 6) is 0.706. The monoisotopic (exact) mass is 372 g/mol. The van der Waals surface area contributed by atoms with Crippen LogP contribution in [0.4, 0.5) is 13.2 Å². The fourth-order valence-corrected chi connectivity index (χ4v) is 3.09. The van der Waals surface area contributed by atoms with Crippen LogP contribution >= 0.6 is 0 Å². The average molecular weight is 372 g/mol. The number of rotatable bonds is 3. The van der Waals surface area contributed by atoms with Gasteiger partial charge in [0, 0.05) is 17.3 Å². The maximum absolute atomic E-state index is 12.7. The first-order chi connectivity index (χ1) is 12.8. The van der Waals surface area contributed by atoms with Gasteiger partial charge in [-0.05, 0) is 37.6 Å². The van der Waals surface area contributed by atoms with Crippen LogP contribution in [0.3, 0.4) is 0 Å². The number of imidazole rings is 1. The summed E-state index contributed by atoms with van der Waals surface area (Å²) in [7, 11) is 0. The average Bonchev–Trinajstić information content (AvgIpc) is 3.17. The molecule has 0 aliphatic heterocycles. The number of pyridine rings is 1. The van der Waals surface area contributed by atoms with Gasteiger partial charge in [0.15, 0.2) is 5.65 Å². The fourth-order valence-electron chi connectivity index (χ4n) is 3.09. The lowest BCUT2D eigenvalue weighted by Crippen LogP contribution is -2.05. The first kappa shape index (κ1) is 17.3. The van der Waals surface area contributed by atoms with Crippen LogP contribution in [-0.4, -0.2) is 19.7 Å². The van der Waals surface area contributed by atoms with Crippen molar-refractivity contribution in [3.05, 3.63) is 65.4 Å². The predicted octanol–water partition coefficient (Wildman–Crippen LogP) is 4.77. The molecule has 4 rings (SSSR count). The predicted molar refractivity (Wildman–Crippen MR) is 93.0 cm³/mol. The molecule has 0 bridgehead atoms. The Hall–Kier alpha value is -3.16. The summed E-state index contributed by atoms with van der Waals surface area (Å²) in [5.41, 5.74) is 3.95. The molecule has 0 unspecified atom stereocenters. The molecule has 0 atom stereocenters. The van der Waals surface area contributed by atoms with Crippen LogP contribution in [-0.2, 0) is 12.7 Å². The molecule has 27 heavy (non-hydrogen) atoms. The van der Waals surface area contributed by atoms with Crippen molar-refractivity contribution in [1.29, 1.82) is 0 Å². The summed E-state index contributed by atoms with van der Waals surface area (Å²) >= 11 is 0. The maximum Gasteiger partial charge on any atom is 0.416 e. The van der Waals surface area contributed by atoms with Gasteiger partial charge in [0.05, 0.1) is 24.1 Å². The van der Waals surface area contributed by atoms with Gasteiger partial charge in [-0.1, -0.05) is 17.3 Å². The van der Waals surface area contributed by atoms with E-state index in [1.807, 2.05) is 19.9 Å². The number of hydrogen-bond donors (Lipinski definition) is 0. The van der Waals surface area contributed by atoms with Crippen molar-refractivity contribution in [2.45, 2.75) is 26.6 Å². The summed E-state index contributed by atoms with van der Waals surface area (Å²) in [6, 6.07) is 6.99. The Morgan fingerprint density at radius 2 is 1.81 bits per heavy atom. The molecule has 0 aliphatic carbocycles. The lowest BCUT2D eigenvalue weighted by molar-refractivity contribution is -0.137. The second-order valence-electron chi connectivity index (χ2n) is 6.33. The zero-order valence-electron chi connectivity index (χ0n) is 14.6. The first-order valence-electron chi connectivity index (χ1n) is 8.23. The van der Waals surface area contributed by atoms with Crippen LogP contribution in [0.15, 0.2) is 47.4 Å². The number of fused-ring (bicyclic) bond motifs is 1. The van der Waals surface area contributed by atoms with Crippen LogP contribution in [0.2, 0.25) is 0 Å². The van der Waals surface area contributed by atoms with Crippen molar-refractivity contribution >= 4 is 11.2 Å². The SMILES string of the molecule is Cc1noc(C)c1-c1cnc2c(c1)ncn2Cc1ccc(C(F)(F)F)cc1. The van der Waals surface area contributed by atoms with Crippen LogP contribution < -0.4 is 0 Å². The van der Waals surface area contributed by atoms with Gasteiger partial charge in [0.25, 0.3) is 0 Å². The molecular weight excluding hydrogens is 357 g/mol. The van der Waals surface area contributed by atoms with Gasteiger partial charge < -0.3 is 9.09 Å². The zero-order chi connectivity index (χ0) is 19.2. The molecule has 3 aromatic heterocycles. The van der Waals surface area contributed by atoms with Gasteiger partial charge in [0.1, 0.15) is 11.3 Å². The molecule has 0 saturated carbocycles. The van der Waals surface area contributed by atoms with Crippen LogP contribution in [0.1, 0.15) is 22.6 Å². The zero-order valence-corrected chi connectivity index (χ0v) is 14.6. The van der Waals surface area contributed by atoms with E-state index in [4.69, 9.17) is 4.52 Å². The lowest BCUT2D eigenvalue weighted by atomic mass is 10.1. The van der Waals surface area contributed by atoms with Crippen molar-refractivity contribution in [3.8, 4) is 11.1 Å². The van der Waals surface area contributed by atoms with E-state index in [0.717, 1.165) is 34.5 Å². The first-order valence-corrected chi connectivity index (χ1v) is 8.23. The Bertz CT molecular complexity index is 1090. The smallest absolute Gasteiger partial charge is 0.361 e. The Kier molecular flexibility index (Phi) is 3.98. The molecule has 5 nitrogen and oxygen atoms in total. The lowest BCUT2D eigenvalue weighted by Gasteiger charge is -2.08. The highest BCUT2D eigenvalue weighted by molar-refractivity contribution is 5.79. The molecule has 8 heteroatoms. The van der Waals surface area contributed by atoms with E-state index in [1.54, 1.807) is 17.1 Å². The van der Waals surface area contributed by atoms with Crippen LogP contribution in [0.5, 0.6) is 0 Å². The van der Waals surface area contributed by atoms with E-state index in [1.165, 1.54) is 12.1 Å². The minimum Gasteiger partial charge on any atom is -0.361 e. The molecular formula is C19H15F3N4O. The quantitative estimate of drug-likeness (QED) is 0.520. The Morgan fingerprint density at radius 1 is 1.07 bits per heavy atom. The van der Waals surface area contributed by atoms with Gasteiger partial charge in [-0.3, -0.25) is 0 Å².